The number of nitrogens with zero attached hydrogens (tertiary/aromatic N) is 2. The van der Waals surface area contributed by atoms with Gasteiger partial charge in [-0.2, -0.15) is 0 Å². The van der Waals surface area contributed by atoms with Crippen LogP contribution in [0.2, 0.25) is 0 Å². The number of hydrogen-bond donors (Lipinski definition) is 2. The Kier molecular flexibility index (Phi) is 3.46. The zero-order valence-electron chi connectivity index (χ0n) is 8.96. The van der Waals surface area contributed by atoms with Gasteiger partial charge in [0.1, 0.15) is 6.61 Å². The van der Waals surface area contributed by atoms with Gasteiger partial charge < -0.3 is 9.84 Å². The third-order valence-electron chi connectivity index (χ3n) is 2.04. The second-order valence-electron chi connectivity index (χ2n) is 3.24. The summed E-state index contributed by atoms with van der Waals surface area (Å²) in [5.41, 5.74) is 2.01. The normalized spacial score (nSPS) is 10.2. The van der Waals surface area contributed by atoms with Crippen LogP contribution in [-0.4, -0.2) is 34.4 Å². The molecule has 1 heterocycles. The van der Waals surface area contributed by atoms with Gasteiger partial charge in [-0.15, -0.1) is 0 Å². The fraction of sp³-hybridized carbons (Fsp3) is 0.182. The SMILES string of the molecule is O=C(Nc1ccc2nccnc2c1)OCCO. The summed E-state index contributed by atoms with van der Waals surface area (Å²) in [5, 5.41) is 11.0. The van der Waals surface area contributed by atoms with Gasteiger partial charge in [0.15, 0.2) is 0 Å². The molecule has 1 aromatic heterocycles. The highest BCUT2D eigenvalue weighted by molar-refractivity contribution is 5.88. The smallest absolute Gasteiger partial charge is 0.411 e. The summed E-state index contributed by atoms with van der Waals surface area (Å²) >= 11 is 0. The maximum absolute atomic E-state index is 11.2. The van der Waals surface area contributed by atoms with E-state index in [2.05, 4.69) is 20.0 Å². The summed E-state index contributed by atoms with van der Waals surface area (Å²) in [7, 11) is 0. The molecule has 0 fully saturated rings. The summed E-state index contributed by atoms with van der Waals surface area (Å²) in [4.78, 5) is 19.5. The number of nitrogens with one attached hydrogen (secondary N) is 1. The zero-order valence-corrected chi connectivity index (χ0v) is 8.96. The van der Waals surface area contributed by atoms with Crippen LogP contribution >= 0.6 is 0 Å². The van der Waals surface area contributed by atoms with E-state index >= 15 is 0 Å². The van der Waals surface area contributed by atoms with Crippen molar-refractivity contribution in [1.29, 1.82) is 0 Å². The lowest BCUT2D eigenvalue weighted by atomic mass is 10.2. The van der Waals surface area contributed by atoms with Gasteiger partial charge in [0, 0.05) is 18.1 Å². The van der Waals surface area contributed by atoms with E-state index in [0.717, 1.165) is 5.52 Å². The van der Waals surface area contributed by atoms with Crippen LogP contribution in [0, 0.1) is 0 Å². The Morgan fingerprint density at radius 3 is 2.82 bits per heavy atom. The van der Waals surface area contributed by atoms with E-state index in [0.29, 0.717) is 11.2 Å². The number of carbonyl (C=O) groups is 1. The first-order valence-corrected chi connectivity index (χ1v) is 5.05. The molecule has 0 saturated heterocycles. The molecule has 1 aromatic carbocycles. The summed E-state index contributed by atoms with van der Waals surface area (Å²) in [5.74, 6) is 0. The summed E-state index contributed by atoms with van der Waals surface area (Å²) in [6.45, 7) is -0.226. The average Bonchev–Trinajstić information content (AvgIpc) is 2.36. The highest BCUT2D eigenvalue weighted by Gasteiger charge is 2.03. The first kappa shape index (κ1) is 11.3. The number of ether oxygens (including phenoxy) is 1. The van der Waals surface area contributed by atoms with Crippen molar-refractivity contribution in [3.8, 4) is 0 Å². The van der Waals surface area contributed by atoms with E-state index in [9.17, 15) is 4.79 Å². The lowest BCUT2D eigenvalue weighted by Crippen LogP contribution is -2.15. The van der Waals surface area contributed by atoms with E-state index in [-0.39, 0.29) is 13.2 Å². The monoisotopic (exact) mass is 233 g/mol. The fourth-order valence-electron chi connectivity index (χ4n) is 1.33. The van der Waals surface area contributed by atoms with Crippen LogP contribution in [0.4, 0.5) is 10.5 Å². The predicted molar refractivity (Wildman–Crippen MR) is 61.6 cm³/mol. The predicted octanol–water partition coefficient (Wildman–Crippen LogP) is 1.17. The number of hydrogen-bond acceptors (Lipinski definition) is 5. The first-order valence-electron chi connectivity index (χ1n) is 5.05. The maximum Gasteiger partial charge on any atom is 0.411 e. The Hall–Kier alpha value is -2.21. The van der Waals surface area contributed by atoms with Crippen LogP contribution in [0.15, 0.2) is 30.6 Å². The van der Waals surface area contributed by atoms with E-state index in [1.165, 1.54) is 0 Å². The van der Waals surface area contributed by atoms with Crippen molar-refractivity contribution in [3.63, 3.8) is 0 Å². The van der Waals surface area contributed by atoms with Crippen molar-refractivity contribution >= 4 is 22.8 Å². The highest BCUT2D eigenvalue weighted by atomic mass is 16.6. The van der Waals surface area contributed by atoms with Crippen LogP contribution in [0.25, 0.3) is 11.0 Å². The van der Waals surface area contributed by atoms with Crippen molar-refractivity contribution in [2.24, 2.45) is 0 Å². The lowest BCUT2D eigenvalue weighted by Gasteiger charge is -2.06. The molecule has 0 atom stereocenters. The molecule has 1 amide bonds. The van der Waals surface area contributed by atoms with Gasteiger partial charge in [-0.1, -0.05) is 0 Å². The quantitative estimate of drug-likeness (QED) is 0.831. The molecule has 0 aliphatic carbocycles. The van der Waals surface area contributed by atoms with Crippen LogP contribution < -0.4 is 5.32 Å². The Balaban J connectivity index is 2.11. The molecule has 0 spiro atoms. The number of aliphatic hydroxyl groups excluding tert-OH is 1. The standard InChI is InChI=1S/C11H11N3O3/c15-5-6-17-11(16)14-8-1-2-9-10(7-8)13-4-3-12-9/h1-4,7,15H,5-6H2,(H,14,16). The molecule has 0 radical (unpaired) electrons. The van der Waals surface area contributed by atoms with Crippen molar-refractivity contribution < 1.29 is 14.6 Å². The molecule has 6 nitrogen and oxygen atoms in total. The number of aromatic nitrogens is 2. The van der Waals surface area contributed by atoms with E-state index in [1.807, 2.05) is 0 Å². The van der Waals surface area contributed by atoms with Gasteiger partial charge in [0.05, 0.1) is 17.6 Å². The van der Waals surface area contributed by atoms with Crippen LogP contribution in [-0.2, 0) is 4.74 Å². The number of fused-ring (bicyclic) bond motifs is 1. The number of aliphatic hydroxyl groups is 1. The molecule has 2 rings (SSSR count). The largest absolute Gasteiger partial charge is 0.447 e. The Bertz CT molecular complexity index is 530. The van der Waals surface area contributed by atoms with E-state index < -0.39 is 6.09 Å². The second kappa shape index (κ2) is 5.22. The zero-order chi connectivity index (χ0) is 12.1. The Morgan fingerprint density at radius 1 is 1.29 bits per heavy atom. The van der Waals surface area contributed by atoms with E-state index in [1.54, 1.807) is 30.6 Å². The summed E-state index contributed by atoms with van der Waals surface area (Å²) in [6.07, 6.45) is 2.57. The number of benzene rings is 1. The number of amides is 1. The average molecular weight is 233 g/mol. The van der Waals surface area contributed by atoms with E-state index in [4.69, 9.17) is 5.11 Å². The highest BCUT2D eigenvalue weighted by Crippen LogP contribution is 2.14. The van der Waals surface area contributed by atoms with Crippen molar-refractivity contribution in [1.82, 2.24) is 9.97 Å². The molecule has 6 heteroatoms. The maximum atomic E-state index is 11.2. The van der Waals surface area contributed by atoms with Crippen molar-refractivity contribution in [3.05, 3.63) is 30.6 Å². The summed E-state index contributed by atoms with van der Waals surface area (Å²) in [6, 6.07) is 5.16. The van der Waals surface area contributed by atoms with Gasteiger partial charge in [0.2, 0.25) is 0 Å². The molecule has 2 aromatic rings. The molecule has 0 bridgehead atoms. The molecule has 0 aliphatic heterocycles. The Labute approximate surface area is 97.3 Å². The molecular weight excluding hydrogens is 222 g/mol. The second-order valence-corrected chi connectivity index (χ2v) is 3.24. The van der Waals surface area contributed by atoms with Crippen LogP contribution in [0.3, 0.4) is 0 Å². The minimum atomic E-state index is -0.609. The molecule has 17 heavy (non-hydrogen) atoms. The molecule has 88 valence electrons. The van der Waals surface area contributed by atoms with Crippen LogP contribution in [0.1, 0.15) is 0 Å². The van der Waals surface area contributed by atoms with Gasteiger partial charge in [-0.25, -0.2) is 4.79 Å². The third-order valence-corrected chi connectivity index (χ3v) is 2.04. The lowest BCUT2D eigenvalue weighted by molar-refractivity contribution is 0.131. The van der Waals surface area contributed by atoms with Crippen LogP contribution in [0.5, 0.6) is 0 Å². The molecular formula is C11H11N3O3. The van der Waals surface area contributed by atoms with Crippen molar-refractivity contribution in [2.45, 2.75) is 0 Å². The topological polar surface area (TPSA) is 84.3 Å². The minimum absolute atomic E-state index is 0.0286. The van der Waals surface area contributed by atoms with Crippen molar-refractivity contribution in [2.75, 3.05) is 18.5 Å². The van der Waals surface area contributed by atoms with Gasteiger partial charge >= 0.3 is 6.09 Å². The molecule has 0 unspecified atom stereocenters. The third kappa shape index (κ3) is 2.88. The number of anilines is 1. The number of rotatable bonds is 3. The van der Waals surface area contributed by atoms with Gasteiger partial charge in [-0.05, 0) is 18.2 Å². The van der Waals surface area contributed by atoms with Gasteiger partial charge in [0.25, 0.3) is 0 Å². The molecule has 0 saturated carbocycles. The van der Waals surface area contributed by atoms with Gasteiger partial charge in [-0.3, -0.25) is 15.3 Å². The molecule has 0 aliphatic rings. The summed E-state index contributed by atoms with van der Waals surface area (Å²) < 4.78 is 4.67. The fourth-order valence-corrected chi connectivity index (χ4v) is 1.33. The minimum Gasteiger partial charge on any atom is -0.447 e. The molecule has 2 N–H and O–H groups in total. The number of carbonyl (C=O) groups excluding carboxylic acids is 1. The first-order chi connectivity index (χ1) is 8.29. The Morgan fingerprint density at radius 2 is 2.06 bits per heavy atom.